The Hall–Kier alpha value is -3.08. The number of carbonyl (C=O) groups is 1. The van der Waals surface area contributed by atoms with Gasteiger partial charge in [-0.2, -0.15) is 5.10 Å². The summed E-state index contributed by atoms with van der Waals surface area (Å²) in [5.41, 5.74) is 3.23. The molecule has 0 bridgehead atoms. The number of methoxy groups -OCH3 is 1. The second-order valence-electron chi connectivity index (χ2n) is 7.28. The molecule has 1 atom stereocenters. The molecule has 144 valence electrons. The third-order valence-electron chi connectivity index (χ3n) is 5.18. The molecule has 1 aliphatic rings. The van der Waals surface area contributed by atoms with Gasteiger partial charge in [-0.25, -0.2) is 4.68 Å². The van der Waals surface area contributed by atoms with Crippen molar-refractivity contribution in [3.05, 3.63) is 78.1 Å². The van der Waals surface area contributed by atoms with E-state index in [-0.39, 0.29) is 11.9 Å². The second-order valence-corrected chi connectivity index (χ2v) is 7.28. The Morgan fingerprint density at radius 2 is 1.93 bits per heavy atom. The number of hydrogen-bond acceptors (Lipinski definition) is 3. The zero-order valence-corrected chi connectivity index (χ0v) is 16.0. The summed E-state index contributed by atoms with van der Waals surface area (Å²) in [6, 6.07) is 18.1. The molecular formula is C23H25N3O2. The molecule has 0 aliphatic heterocycles. The maximum absolute atomic E-state index is 12.6. The van der Waals surface area contributed by atoms with E-state index in [9.17, 15) is 4.79 Å². The van der Waals surface area contributed by atoms with E-state index in [4.69, 9.17) is 4.74 Å². The van der Waals surface area contributed by atoms with Crippen molar-refractivity contribution in [2.24, 2.45) is 5.92 Å². The number of ether oxygens (including phenoxy) is 1. The van der Waals surface area contributed by atoms with Crippen molar-refractivity contribution < 1.29 is 9.53 Å². The van der Waals surface area contributed by atoms with Gasteiger partial charge in [0.15, 0.2) is 0 Å². The van der Waals surface area contributed by atoms with Crippen molar-refractivity contribution in [3.8, 4) is 11.4 Å². The number of rotatable bonds is 8. The molecule has 5 nitrogen and oxygen atoms in total. The minimum atomic E-state index is 0.0835. The van der Waals surface area contributed by atoms with Crippen LogP contribution >= 0.6 is 0 Å². The lowest BCUT2D eigenvalue weighted by molar-refractivity contribution is -0.122. The highest BCUT2D eigenvalue weighted by Crippen LogP contribution is 2.41. The first-order valence-electron chi connectivity index (χ1n) is 9.75. The van der Waals surface area contributed by atoms with Gasteiger partial charge in [-0.15, -0.1) is 0 Å². The number of para-hydroxylation sites is 1. The number of amides is 1. The Morgan fingerprint density at radius 3 is 2.61 bits per heavy atom. The molecule has 1 unspecified atom stereocenters. The van der Waals surface area contributed by atoms with Gasteiger partial charge in [0.25, 0.3) is 0 Å². The summed E-state index contributed by atoms with van der Waals surface area (Å²) < 4.78 is 7.08. The summed E-state index contributed by atoms with van der Waals surface area (Å²) in [5.74, 6) is 1.46. The van der Waals surface area contributed by atoms with Crippen molar-refractivity contribution >= 4 is 5.91 Å². The van der Waals surface area contributed by atoms with Gasteiger partial charge in [0, 0.05) is 12.6 Å². The smallest absolute Gasteiger partial charge is 0.220 e. The van der Waals surface area contributed by atoms with Gasteiger partial charge in [-0.1, -0.05) is 30.3 Å². The molecule has 0 spiro atoms. The molecule has 5 heteroatoms. The van der Waals surface area contributed by atoms with Crippen LogP contribution in [-0.4, -0.2) is 22.8 Å². The monoisotopic (exact) mass is 375 g/mol. The first kappa shape index (κ1) is 18.3. The summed E-state index contributed by atoms with van der Waals surface area (Å²) in [5, 5.41) is 7.64. The van der Waals surface area contributed by atoms with E-state index >= 15 is 0 Å². The molecular weight excluding hydrogens is 350 g/mol. The van der Waals surface area contributed by atoms with Gasteiger partial charge in [0.1, 0.15) is 5.75 Å². The van der Waals surface area contributed by atoms with Crippen LogP contribution in [0.15, 0.2) is 67.0 Å². The summed E-state index contributed by atoms with van der Waals surface area (Å²) in [6.07, 6.45) is 7.30. The highest BCUT2D eigenvalue weighted by atomic mass is 16.5. The Kier molecular flexibility index (Phi) is 5.42. The van der Waals surface area contributed by atoms with E-state index in [2.05, 4.69) is 10.4 Å². The summed E-state index contributed by atoms with van der Waals surface area (Å²) in [6.45, 7) is 0. The van der Waals surface area contributed by atoms with Crippen LogP contribution in [0.5, 0.6) is 5.75 Å². The van der Waals surface area contributed by atoms with Crippen molar-refractivity contribution in [3.63, 3.8) is 0 Å². The summed E-state index contributed by atoms with van der Waals surface area (Å²) in [4.78, 5) is 12.6. The Labute approximate surface area is 165 Å². The zero-order chi connectivity index (χ0) is 19.3. The standard InChI is InChI=1S/C23H25N3O2/c1-28-21-12-10-19(11-13-21)23(18-8-9-18)25-22(27)14-7-17-15-24-26(16-17)20-5-3-2-4-6-20/h2-6,10-13,15-16,18,23H,7-9,14H2,1H3,(H,25,27). The van der Waals surface area contributed by atoms with E-state index < -0.39 is 0 Å². The normalized spacial score (nSPS) is 14.5. The number of carbonyl (C=O) groups excluding carboxylic acids is 1. The fraction of sp³-hybridized carbons (Fsp3) is 0.304. The fourth-order valence-corrected chi connectivity index (χ4v) is 3.43. The molecule has 2 aromatic carbocycles. The van der Waals surface area contributed by atoms with E-state index in [1.54, 1.807) is 7.11 Å². The third-order valence-corrected chi connectivity index (χ3v) is 5.18. The molecule has 3 aromatic rings. The van der Waals surface area contributed by atoms with Crippen molar-refractivity contribution in [2.45, 2.75) is 31.7 Å². The summed E-state index contributed by atoms with van der Waals surface area (Å²) >= 11 is 0. The lowest BCUT2D eigenvalue weighted by Crippen LogP contribution is -2.30. The highest BCUT2D eigenvalue weighted by Gasteiger charge is 2.33. The van der Waals surface area contributed by atoms with Crippen LogP contribution in [0.1, 0.15) is 36.4 Å². The van der Waals surface area contributed by atoms with Gasteiger partial charge < -0.3 is 10.1 Å². The third kappa shape index (κ3) is 4.42. The van der Waals surface area contributed by atoms with E-state index in [0.717, 1.165) is 22.6 Å². The predicted molar refractivity (Wildman–Crippen MR) is 108 cm³/mol. The number of nitrogens with one attached hydrogen (secondary N) is 1. The van der Waals surface area contributed by atoms with Crippen LogP contribution in [0.3, 0.4) is 0 Å². The molecule has 1 aliphatic carbocycles. The SMILES string of the molecule is COc1ccc(C(NC(=O)CCc2cnn(-c3ccccc3)c2)C2CC2)cc1. The number of aromatic nitrogens is 2. The Bertz CT molecular complexity index is 915. The van der Waals surface area contributed by atoms with Crippen LogP contribution < -0.4 is 10.1 Å². The maximum Gasteiger partial charge on any atom is 0.220 e. The first-order valence-corrected chi connectivity index (χ1v) is 9.75. The summed E-state index contributed by atoms with van der Waals surface area (Å²) in [7, 11) is 1.66. The molecule has 4 rings (SSSR count). The number of benzene rings is 2. The molecule has 1 amide bonds. The largest absolute Gasteiger partial charge is 0.497 e. The average Bonchev–Trinajstić information content (AvgIpc) is 3.48. The van der Waals surface area contributed by atoms with Crippen LogP contribution in [0.2, 0.25) is 0 Å². The van der Waals surface area contributed by atoms with Gasteiger partial charge in [0.2, 0.25) is 5.91 Å². The minimum Gasteiger partial charge on any atom is -0.497 e. The Morgan fingerprint density at radius 1 is 1.18 bits per heavy atom. The molecule has 1 saturated carbocycles. The predicted octanol–water partition coefficient (Wildman–Crippen LogP) is 4.08. The quantitative estimate of drug-likeness (QED) is 0.645. The maximum atomic E-state index is 12.6. The number of nitrogens with zero attached hydrogens (tertiary/aromatic N) is 2. The van der Waals surface area contributed by atoms with Crippen molar-refractivity contribution in [2.75, 3.05) is 7.11 Å². The zero-order valence-electron chi connectivity index (χ0n) is 16.0. The molecule has 28 heavy (non-hydrogen) atoms. The molecule has 1 heterocycles. The number of aryl methyl sites for hydroxylation is 1. The first-order chi connectivity index (χ1) is 13.7. The topological polar surface area (TPSA) is 56.1 Å². The van der Waals surface area contributed by atoms with Gasteiger partial charge in [-0.05, 0) is 60.6 Å². The molecule has 1 aromatic heterocycles. The molecule has 0 radical (unpaired) electrons. The number of hydrogen-bond donors (Lipinski definition) is 1. The van der Waals surface area contributed by atoms with Crippen molar-refractivity contribution in [1.82, 2.24) is 15.1 Å². The van der Waals surface area contributed by atoms with Gasteiger partial charge >= 0.3 is 0 Å². The van der Waals surface area contributed by atoms with Crippen LogP contribution in [0.4, 0.5) is 0 Å². The fourth-order valence-electron chi connectivity index (χ4n) is 3.43. The molecule has 1 N–H and O–H groups in total. The molecule has 1 fully saturated rings. The second kappa shape index (κ2) is 8.30. The van der Waals surface area contributed by atoms with Crippen LogP contribution in [0, 0.1) is 5.92 Å². The molecule has 0 saturated heterocycles. The Balaban J connectivity index is 1.35. The average molecular weight is 375 g/mol. The van der Waals surface area contributed by atoms with Crippen LogP contribution in [-0.2, 0) is 11.2 Å². The van der Waals surface area contributed by atoms with E-state index in [0.29, 0.717) is 18.8 Å². The lowest BCUT2D eigenvalue weighted by Gasteiger charge is -2.19. The van der Waals surface area contributed by atoms with Gasteiger partial charge in [-0.3, -0.25) is 4.79 Å². The van der Waals surface area contributed by atoms with Crippen LogP contribution in [0.25, 0.3) is 5.69 Å². The van der Waals surface area contributed by atoms with Gasteiger partial charge in [0.05, 0.1) is 25.0 Å². The van der Waals surface area contributed by atoms with E-state index in [1.165, 1.54) is 12.8 Å². The van der Waals surface area contributed by atoms with E-state index in [1.807, 2.05) is 71.7 Å². The highest BCUT2D eigenvalue weighted by molar-refractivity contribution is 5.76. The lowest BCUT2D eigenvalue weighted by atomic mass is 10.0. The minimum absolute atomic E-state index is 0.0835. The van der Waals surface area contributed by atoms with Crippen molar-refractivity contribution in [1.29, 1.82) is 0 Å².